The van der Waals surface area contributed by atoms with Crippen LogP contribution < -0.4 is 4.74 Å². The van der Waals surface area contributed by atoms with Crippen LogP contribution in [-0.4, -0.2) is 11.8 Å². The summed E-state index contributed by atoms with van der Waals surface area (Å²) in [6.45, 7) is 2.59. The first kappa shape index (κ1) is 10.7. The number of nitrogens with zero attached hydrogens (tertiary/aromatic N) is 1. The van der Waals surface area contributed by atoms with E-state index in [1.165, 1.54) is 12.3 Å². The van der Waals surface area contributed by atoms with Crippen LogP contribution in [0.3, 0.4) is 0 Å². The van der Waals surface area contributed by atoms with Gasteiger partial charge in [0, 0.05) is 17.7 Å². The number of benzene rings is 1. The number of rotatable bonds is 4. The highest BCUT2D eigenvalue weighted by molar-refractivity contribution is 5.60. The third kappa shape index (κ3) is 2.21. The molecule has 0 atom stereocenters. The highest BCUT2D eigenvalue weighted by Gasteiger charge is 2.08. The third-order valence-corrected chi connectivity index (χ3v) is 2.13. The van der Waals surface area contributed by atoms with Crippen molar-refractivity contribution >= 4 is 0 Å². The fourth-order valence-electron chi connectivity index (χ4n) is 1.36. The van der Waals surface area contributed by atoms with E-state index < -0.39 is 0 Å². The Bertz CT molecular complexity index is 454. The maximum atomic E-state index is 13.7. The Hall–Kier alpha value is -1.84. The molecular weight excluding hydrogens is 209 g/mol. The third-order valence-electron chi connectivity index (χ3n) is 2.13. The average Bonchev–Trinajstić information content (AvgIpc) is 2.80. The zero-order valence-electron chi connectivity index (χ0n) is 8.94. The zero-order chi connectivity index (χ0) is 11.4. The maximum Gasteiger partial charge on any atom is 0.136 e. The molecule has 0 radical (unpaired) electrons. The molecule has 0 aliphatic carbocycles. The van der Waals surface area contributed by atoms with Gasteiger partial charge in [-0.05, 0) is 18.6 Å². The molecule has 0 aliphatic heterocycles. The van der Waals surface area contributed by atoms with E-state index in [9.17, 15) is 4.39 Å². The molecule has 3 nitrogen and oxygen atoms in total. The lowest BCUT2D eigenvalue weighted by molar-refractivity contribution is 0.316. The minimum absolute atomic E-state index is 0.359. The van der Waals surface area contributed by atoms with Crippen LogP contribution in [0.1, 0.15) is 13.3 Å². The molecule has 2 rings (SSSR count). The van der Waals surface area contributed by atoms with Crippen LogP contribution in [0.5, 0.6) is 5.75 Å². The van der Waals surface area contributed by atoms with Crippen molar-refractivity contribution < 1.29 is 13.7 Å². The largest absolute Gasteiger partial charge is 0.494 e. The van der Waals surface area contributed by atoms with Crippen molar-refractivity contribution in [2.45, 2.75) is 13.3 Å². The Balaban J connectivity index is 2.23. The molecule has 0 fully saturated rings. The summed E-state index contributed by atoms with van der Waals surface area (Å²) in [5, 5.41) is 3.68. The van der Waals surface area contributed by atoms with Crippen molar-refractivity contribution in [2.75, 3.05) is 6.61 Å². The molecule has 84 valence electrons. The molecule has 0 saturated carbocycles. The van der Waals surface area contributed by atoms with E-state index in [1.807, 2.05) is 6.92 Å². The molecule has 0 N–H and O–H groups in total. The van der Waals surface area contributed by atoms with E-state index in [-0.39, 0.29) is 5.82 Å². The Labute approximate surface area is 92.8 Å². The van der Waals surface area contributed by atoms with Crippen LogP contribution in [-0.2, 0) is 0 Å². The standard InChI is InChI=1S/C12H12FNO2/c1-2-6-15-9-3-4-10(11(13)8-9)12-5-7-16-14-12/h3-5,7-8H,2,6H2,1H3. The van der Waals surface area contributed by atoms with E-state index in [0.717, 1.165) is 6.42 Å². The van der Waals surface area contributed by atoms with Gasteiger partial charge in [0.1, 0.15) is 23.5 Å². The molecule has 1 heterocycles. The Kier molecular flexibility index (Phi) is 3.19. The summed E-state index contributed by atoms with van der Waals surface area (Å²) in [5.41, 5.74) is 0.900. The molecule has 0 unspecified atom stereocenters. The molecule has 4 heteroatoms. The highest BCUT2D eigenvalue weighted by Crippen LogP contribution is 2.24. The van der Waals surface area contributed by atoms with Crippen LogP contribution in [0.2, 0.25) is 0 Å². The van der Waals surface area contributed by atoms with Crippen molar-refractivity contribution in [3.05, 3.63) is 36.3 Å². The lowest BCUT2D eigenvalue weighted by atomic mass is 10.1. The molecule has 0 bridgehead atoms. The number of halogens is 1. The van der Waals surface area contributed by atoms with Gasteiger partial charge in [0.2, 0.25) is 0 Å². The van der Waals surface area contributed by atoms with E-state index in [2.05, 4.69) is 9.68 Å². The van der Waals surface area contributed by atoms with Gasteiger partial charge in [-0.1, -0.05) is 12.1 Å². The average molecular weight is 221 g/mol. The first-order chi connectivity index (χ1) is 7.81. The van der Waals surface area contributed by atoms with Crippen LogP contribution >= 0.6 is 0 Å². The summed E-state index contributed by atoms with van der Waals surface area (Å²) in [7, 11) is 0. The predicted octanol–water partition coefficient (Wildman–Crippen LogP) is 3.27. The lowest BCUT2D eigenvalue weighted by Gasteiger charge is -2.05. The first-order valence-corrected chi connectivity index (χ1v) is 5.14. The van der Waals surface area contributed by atoms with Gasteiger partial charge in [-0.3, -0.25) is 0 Å². The predicted molar refractivity (Wildman–Crippen MR) is 57.7 cm³/mol. The Morgan fingerprint density at radius 1 is 1.38 bits per heavy atom. The Morgan fingerprint density at radius 3 is 2.88 bits per heavy atom. The summed E-state index contributed by atoms with van der Waals surface area (Å²) in [4.78, 5) is 0. The van der Waals surface area contributed by atoms with Gasteiger partial charge in [0.25, 0.3) is 0 Å². The van der Waals surface area contributed by atoms with Crippen molar-refractivity contribution in [1.82, 2.24) is 5.16 Å². The van der Waals surface area contributed by atoms with Crippen molar-refractivity contribution in [3.63, 3.8) is 0 Å². The molecule has 0 aliphatic rings. The van der Waals surface area contributed by atoms with Gasteiger partial charge in [-0.2, -0.15) is 0 Å². The lowest BCUT2D eigenvalue weighted by Crippen LogP contribution is -1.96. The summed E-state index contributed by atoms with van der Waals surface area (Å²) in [5.74, 6) is 0.175. The monoisotopic (exact) mass is 221 g/mol. The maximum absolute atomic E-state index is 13.7. The summed E-state index contributed by atoms with van der Waals surface area (Å²) in [6, 6.07) is 6.34. The molecular formula is C12H12FNO2. The van der Waals surface area contributed by atoms with E-state index >= 15 is 0 Å². The summed E-state index contributed by atoms with van der Waals surface area (Å²) < 4.78 is 23.7. The minimum Gasteiger partial charge on any atom is -0.494 e. The normalized spacial score (nSPS) is 10.4. The summed E-state index contributed by atoms with van der Waals surface area (Å²) >= 11 is 0. The number of hydrogen-bond donors (Lipinski definition) is 0. The highest BCUT2D eigenvalue weighted by atomic mass is 19.1. The second kappa shape index (κ2) is 4.79. The molecule has 16 heavy (non-hydrogen) atoms. The topological polar surface area (TPSA) is 35.3 Å². The smallest absolute Gasteiger partial charge is 0.136 e. The number of hydrogen-bond acceptors (Lipinski definition) is 3. The molecule has 0 saturated heterocycles. The van der Waals surface area contributed by atoms with E-state index in [0.29, 0.717) is 23.6 Å². The number of aromatic nitrogens is 1. The van der Waals surface area contributed by atoms with Gasteiger partial charge < -0.3 is 9.26 Å². The second-order valence-electron chi connectivity index (χ2n) is 3.37. The minimum atomic E-state index is -0.359. The molecule has 1 aromatic carbocycles. The van der Waals surface area contributed by atoms with Crippen LogP contribution in [0.4, 0.5) is 4.39 Å². The van der Waals surface area contributed by atoms with Crippen LogP contribution in [0.25, 0.3) is 11.3 Å². The first-order valence-electron chi connectivity index (χ1n) is 5.14. The SMILES string of the molecule is CCCOc1ccc(-c2ccon2)c(F)c1. The van der Waals surface area contributed by atoms with Crippen LogP contribution in [0, 0.1) is 5.82 Å². The van der Waals surface area contributed by atoms with E-state index in [4.69, 9.17) is 4.74 Å². The molecule has 2 aromatic rings. The zero-order valence-corrected chi connectivity index (χ0v) is 8.94. The van der Waals surface area contributed by atoms with Gasteiger partial charge in [0.15, 0.2) is 0 Å². The van der Waals surface area contributed by atoms with Crippen LogP contribution in [0.15, 0.2) is 35.1 Å². The van der Waals surface area contributed by atoms with Gasteiger partial charge in [0.05, 0.1) is 6.61 Å². The molecule has 1 aromatic heterocycles. The van der Waals surface area contributed by atoms with Gasteiger partial charge in [-0.15, -0.1) is 0 Å². The Morgan fingerprint density at radius 2 is 2.25 bits per heavy atom. The van der Waals surface area contributed by atoms with Crippen molar-refractivity contribution in [2.24, 2.45) is 0 Å². The number of ether oxygens (including phenoxy) is 1. The summed E-state index contributed by atoms with van der Waals surface area (Å²) in [6.07, 6.45) is 2.31. The van der Waals surface area contributed by atoms with Crippen molar-refractivity contribution in [1.29, 1.82) is 0 Å². The molecule has 0 amide bonds. The fraction of sp³-hybridized carbons (Fsp3) is 0.250. The van der Waals surface area contributed by atoms with Gasteiger partial charge in [-0.25, -0.2) is 4.39 Å². The quantitative estimate of drug-likeness (QED) is 0.794. The van der Waals surface area contributed by atoms with E-state index in [1.54, 1.807) is 18.2 Å². The van der Waals surface area contributed by atoms with Crippen molar-refractivity contribution in [3.8, 4) is 17.0 Å². The van der Waals surface area contributed by atoms with Gasteiger partial charge >= 0.3 is 0 Å². The molecule has 0 spiro atoms. The second-order valence-corrected chi connectivity index (χ2v) is 3.37. The fourth-order valence-corrected chi connectivity index (χ4v) is 1.36.